The average molecular weight is 292 g/mol. The number of benzene rings is 1. The topological polar surface area (TPSA) is 53.9 Å². The maximum Gasteiger partial charge on any atom is 0.233 e. The first-order chi connectivity index (χ1) is 9.62. The number of anilines is 3. The molecule has 0 spiro atoms. The molecule has 0 radical (unpaired) electrons. The standard InChI is InChI=1S/C14H18ClN5/c1-4-20(5-2)14-18-12(15)17-13(19-14)16-11-8-6-7-10(3)9-11/h6-9H,4-5H2,1-3H3,(H,16,17,18,19). The summed E-state index contributed by atoms with van der Waals surface area (Å²) in [5.41, 5.74) is 2.09. The van der Waals surface area contributed by atoms with E-state index in [2.05, 4.69) is 34.1 Å². The van der Waals surface area contributed by atoms with E-state index in [1.54, 1.807) is 0 Å². The number of rotatable bonds is 5. The molecule has 1 aromatic heterocycles. The molecule has 2 rings (SSSR count). The summed E-state index contributed by atoms with van der Waals surface area (Å²) in [7, 11) is 0. The summed E-state index contributed by atoms with van der Waals surface area (Å²) in [5, 5.41) is 3.35. The van der Waals surface area contributed by atoms with Crippen molar-refractivity contribution in [3.63, 3.8) is 0 Å². The maximum atomic E-state index is 5.98. The van der Waals surface area contributed by atoms with Crippen molar-refractivity contribution in [2.24, 2.45) is 0 Å². The van der Waals surface area contributed by atoms with Crippen LogP contribution in [0.2, 0.25) is 5.28 Å². The molecule has 6 heteroatoms. The van der Waals surface area contributed by atoms with Gasteiger partial charge in [0.15, 0.2) is 0 Å². The van der Waals surface area contributed by atoms with Crippen molar-refractivity contribution in [1.82, 2.24) is 15.0 Å². The highest BCUT2D eigenvalue weighted by molar-refractivity contribution is 6.28. The van der Waals surface area contributed by atoms with Crippen LogP contribution in [0.25, 0.3) is 0 Å². The third kappa shape index (κ3) is 3.57. The molecule has 1 heterocycles. The Morgan fingerprint density at radius 3 is 2.55 bits per heavy atom. The summed E-state index contributed by atoms with van der Waals surface area (Å²) in [6.45, 7) is 7.78. The van der Waals surface area contributed by atoms with Gasteiger partial charge < -0.3 is 10.2 Å². The van der Waals surface area contributed by atoms with Gasteiger partial charge in [0.05, 0.1) is 0 Å². The zero-order valence-corrected chi connectivity index (χ0v) is 12.6. The number of nitrogens with one attached hydrogen (secondary N) is 1. The Hall–Kier alpha value is -1.88. The van der Waals surface area contributed by atoms with Gasteiger partial charge in [0.25, 0.3) is 0 Å². The third-order valence-corrected chi connectivity index (χ3v) is 3.09. The quantitative estimate of drug-likeness (QED) is 0.915. The van der Waals surface area contributed by atoms with E-state index >= 15 is 0 Å². The van der Waals surface area contributed by atoms with Gasteiger partial charge in [0.2, 0.25) is 17.2 Å². The molecule has 0 atom stereocenters. The minimum absolute atomic E-state index is 0.192. The summed E-state index contributed by atoms with van der Waals surface area (Å²) in [6.07, 6.45) is 0. The van der Waals surface area contributed by atoms with Crippen LogP contribution in [0.4, 0.5) is 17.6 Å². The van der Waals surface area contributed by atoms with E-state index in [-0.39, 0.29) is 5.28 Å². The van der Waals surface area contributed by atoms with E-state index < -0.39 is 0 Å². The molecule has 0 saturated carbocycles. The van der Waals surface area contributed by atoms with Gasteiger partial charge in [-0.05, 0) is 50.1 Å². The summed E-state index contributed by atoms with van der Waals surface area (Å²) >= 11 is 5.98. The summed E-state index contributed by atoms with van der Waals surface area (Å²) < 4.78 is 0. The van der Waals surface area contributed by atoms with Crippen molar-refractivity contribution in [2.75, 3.05) is 23.3 Å². The smallest absolute Gasteiger partial charge is 0.233 e. The van der Waals surface area contributed by atoms with E-state index in [0.29, 0.717) is 11.9 Å². The zero-order chi connectivity index (χ0) is 14.5. The second-order valence-corrected chi connectivity index (χ2v) is 4.73. The van der Waals surface area contributed by atoms with Crippen LogP contribution in [-0.2, 0) is 0 Å². The predicted molar refractivity (Wildman–Crippen MR) is 82.9 cm³/mol. The van der Waals surface area contributed by atoms with Crippen molar-refractivity contribution in [2.45, 2.75) is 20.8 Å². The molecule has 1 aromatic carbocycles. The molecule has 106 valence electrons. The largest absolute Gasteiger partial charge is 0.341 e. The van der Waals surface area contributed by atoms with E-state index in [1.807, 2.05) is 36.1 Å². The molecule has 0 unspecified atom stereocenters. The molecule has 20 heavy (non-hydrogen) atoms. The Labute approximate surface area is 124 Å². The molecule has 0 aliphatic rings. The van der Waals surface area contributed by atoms with E-state index in [1.165, 1.54) is 5.56 Å². The molecule has 0 aliphatic heterocycles. The van der Waals surface area contributed by atoms with Crippen LogP contribution >= 0.6 is 11.6 Å². The molecule has 1 N–H and O–H groups in total. The van der Waals surface area contributed by atoms with Gasteiger partial charge in [-0.3, -0.25) is 0 Å². The first-order valence-electron chi connectivity index (χ1n) is 6.62. The fourth-order valence-electron chi connectivity index (χ4n) is 1.90. The lowest BCUT2D eigenvalue weighted by molar-refractivity contribution is 0.814. The number of nitrogens with zero attached hydrogens (tertiary/aromatic N) is 4. The lowest BCUT2D eigenvalue weighted by Gasteiger charge is -2.18. The Morgan fingerprint density at radius 1 is 1.15 bits per heavy atom. The van der Waals surface area contributed by atoms with Gasteiger partial charge in [-0.15, -0.1) is 0 Å². The Balaban J connectivity index is 2.28. The maximum absolute atomic E-state index is 5.98. The van der Waals surface area contributed by atoms with Crippen LogP contribution in [0.1, 0.15) is 19.4 Å². The van der Waals surface area contributed by atoms with E-state index in [9.17, 15) is 0 Å². The second-order valence-electron chi connectivity index (χ2n) is 4.39. The van der Waals surface area contributed by atoms with Crippen LogP contribution in [0.3, 0.4) is 0 Å². The highest BCUT2D eigenvalue weighted by Gasteiger charge is 2.10. The fraction of sp³-hybridized carbons (Fsp3) is 0.357. The highest BCUT2D eigenvalue weighted by Crippen LogP contribution is 2.18. The number of hydrogen-bond donors (Lipinski definition) is 1. The second kappa shape index (κ2) is 6.52. The molecule has 0 aliphatic carbocycles. The van der Waals surface area contributed by atoms with Crippen molar-refractivity contribution in [1.29, 1.82) is 0 Å². The number of aromatic nitrogens is 3. The van der Waals surface area contributed by atoms with E-state index in [4.69, 9.17) is 11.6 Å². The average Bonchev–Trinajstić information content (AvgIpc) is 2.39. The first-order valence-corrected chi connectivity index (χ1v) is 7.00. The SMILES string of the molecule is CCN(CC)c1nc(Cl)nc(Nc2cccc(C)c2)n1. The minimum atomic E-state index is 0.192. The molecule has 2 aromatic rings. The van der Waals surface area contributed by atoms with Crippen LogP contribution in [0.5, 0.6) is 0 Å². The number of halogens is 1. The number of hydrogen-bond acceptors (Lipinski definition) is 5. The lowest BCUT2D eigenvalue weighted by atomic mass is 10.2. The Kier molecular flexibility index (Phi) is 4.74. The van der Waals surface area contributed by atoms with Crippen molar-refractivity contribution in [3.8, 4) is 0 Å². The lowest BCUT2D eigenvalue weighted by Crippen LogP contribution is -2.24. The van der Waals surface area contributed by atoms with Gasteiger partial charge in [-0.2, -0.15) is 15.0 Å². The molecule has 5 nitrogen and oxygen atoms in total. The summed E-state index contributed by atoms with van der Waals surface area (Å²) in [6, 6.07) is 8.00. The Bertz CT molecular complexity index is 584. The van der Waals surface area contributed by atoms with E-state index in [0.717, 1.165) is 18.8 Å². The van der Waals surface area contributed by atoms with Gasteiger partial charge in [-0.25, -0.2) is 0 Å². The monoisotopic (exact) mass is 291 g/mol. The minimum Gasteiger partial charge on any atom is -0.341 e. The highest BCUT2D eigenvalue weighted by atomic mass is 35.5. The summed E-state index contributed by atoms with van der Waals surface area (Å²) in [5.74, 6) is 1.04. The third-order valence-electron chi connectivity index (χ3n) is 2.92. The van der Waals surface area contributed by atoms with Crippen LogP contribution in [0.15, 0.2) is 24.3 Å². The van der Waals surface area contributed by atoms with Crippen molar-refractivity contribution < 1.29 is 0 Å². The van der Waals surface area contributed by atoms with Crippen molar-refractivity contribution >= 4 is 29.2 Å². The fourth-order valence-corrected chi connectivity index (χ4v) is 2.05. The van der Waals surface area contributed by atoms with Gasteiger partial charge in [-0.1, -0.05) is 12.1 Å². The molecule has 0 fully saturated rings. The van der Waals surface area contributed by atoms with Gasteiger partial charge >= 0.3 is 0 Å². The van der Waals surface area contributed by atoms with Crippen molar-refractivity contribution in [3.05, 3.63) is 35.1 Å². The van der Waals surface area contributed by atoms with Crippen LogP contribution < -0.4 is 10.2 Å². The molecular formula is C14H18ClN5. The molecule has 0 amide bonds. The van der Waals surface area contributed by atoms with Crippen LogP contribution in [-0.4, -0.2) is 28.0 Å². The van der Waals surface area contributed by atoms with Crippen LogP contribution in [0, 0.1) is 6.92 Å². The normalized spacial score (nSPS) is 10.4. The Morgan fingerprint density at radius 2 is 1.90 bits per heavy atom. The summed E-state index contributed by atoms with van der Waals surface area (Å²) in [4.78, 5) is 14.7. The van der Waals surface area contributed by atoms with Gasteiger partial charge in [0.1, 0.15) is 0 Å². The molecular weight excluding hydrogens is 274 g/mol. The molecule has 0 saturated heterocycles. The zero-order valence-electron chi connectivity index (χ0n) is 11.9. The first kappa shape index (κ1) is 14.5. The van der Waals surface area contributed by atoms with Gasteiger partial charge in [0, 0.05) is 18.8 Å². The predicted octanol–water partition coefficient (Wildman–Crippen LogP) is 3.42. The molecule has 0 bridgehead atoms. The number of aryl methyl sites for hydroxylation is 1.